The molecule has 0 aromatic rings. The van der Waals surface area contributed by atoms with E-state index in [-0.39, 0.29) is 11.7 Å². The fourth-order valence-corrected chi connectivity index (χ4v) is 1.91. The van der Waals surface area contributed by atoms with Crippen LogP contribution in [0.3, 0.4) is 0 Å². The molecule has 17 heavy (non-hydrogen) atoms. The molecule has 4 N–H and O–H groups in total. The van der Waals surface area contributed by atoms with Crippen molar-refractivity contribution < 1.29 is 10.0 Å². The smallest absolute Gasteiger partial charge is 0.233 e. The van der Waals surface area contributed by atoms with Gasteiger partial charge in [0.25, 0.3) is 0 Å². The highest BCUT2D eigenvalue weighted by Crippen LogP contribution is 2.41. The second-order valence-corrected chi connectivity index (χ2v) is 4.57. The highest BCUT2D eigenvalue weighted by molar-refractivity contribution is 6.07. The fraction of sp³-hybridized carbons (Fsp3) is 0.818. The Morgan fingerprint density at radius 3 is 2.65 bits per heavy atom. The van der Waals surface area contributed by atoms with Gasteiger partial charge in [-0.2, -0.15) is 0 Å². The molecule has 0 bridgehead atoms. The Morgan fingerprint density at radius 1 is 1.59 bits per heavy atom. The first-order valence-electron chi connectivity index (χ1n) is 6.01. The average molecular weight is 242 g/mol. The number of nitrogens with zero attached hydrogens (tertiary/aromatic N) is 2. The minimum absolute atomic E-state index is 0.0325. The molecule has 98 valence electrons. The van der Waals surface area contributed by atoms with E-state index < -0.39 is 5.41 Å². The van der Waals surface area contributed by atoms with Gasteiger partial charge in [-0.15, -0.1) is 0 Å². The number of carbonyl (C=O) groups is 1. The molecule has 0 aliphatic heterocycles. The summed E-state index contributed by atoms with van der Waals surface area (Å²) < 4.78 is 0. The summed E-state index contributed by atoms with van der Waals surface area (Å²) in [5.74, 6) is -0.0892. The van der Waals surface area contributed by atoms with Crippen molar-refractivity contribution in [3.05, 3.63) is 0 Å². The molecule has 1 amide bonds. The Hall–Kier alpha value is -1.30. The van der Waals surface area contributed by atoms with E-state index in [9.17, 15) is 4.79 Å². The van der Waals surface area contributed by atoms with Gasteiger partial charge in [-0.1, -0.05) is 18.5 Å². The van der Waals surface area contributed by atoms with E-state index in [1.807, 2.05) is 7.05 Å². The summed E-state index contributed by atoms with van der Waals surface area (Å²) in [6, 6.07) is 0. The maximum absolute atomic E-state index is 12.0. The summed E-state index contributed by atoms with van der Waals surface area (Å²) in [6.45, 7) is 4.39. The van der Waals surface area contributed by atoms with Gasteiger partial charge in [-0.25, -0.2) is 0 Å². The Balaban J connectivity index is 2.46. The number of hydrogen-bond acceptors (Lipinski definition) is 4. The Bertz CT molecular complexity index is 300. The van der Waals surface area contributed by atoms with E-state index in [1.165, 1.54) is 0 Å². The molecule has 1 aliphatic rings. The van der Waals surface area contributed by atoms with Crippen LogP contribution in [0, 0.1) is 5.41 Å². The lowest BCUT2D eigenvalue weighted by molar-refractivity contribution is -0.131. The van der Waals surface area contributed by atoms with Crippen molar-refractivity contribution in [1.82, 2.24) is 10.2 Å². The molecule has 1 fully saturated rings. The van der Waals surface area contributed by atoms with Gasteiger partial charge in [-0.3, -0.25) is 4.79 Å². The summed E-state index contributed by atoms with van der Waals surface area (Å²) in [5, 5.41) is 14.6. The monoisotopic (exact) mass is 242 g/mol. The second kappa shape index (κ2) is 5.86. The molecule has 6 nitrogen and oxygen atoms in total. The first-order chi connectivity index (χ1) is 8.06. The number of oxime groups is 1. The predicted octanol–water partition coefficient (Wildman–Crippen LogP) is -0.0290. The van der Waals surface area contributed by atoms with Crippen LogP contribution in [-0.4, -0.2) is 48.5 Å². The molecule has 1 aliphatic carbocycles. The molecule has 0 saturated heterocycles. The topological polar surface area (TPSA) is 91.0 Å². The number of nitrogens with two attached hydrogens (primary N) is 1. The lowest BCUT2D eigenvalue weighted by Crippen LogP contribution is -2.54. The van der Waals surface area contributed by atoms with Crippen molar-refractivity contribution in [1.29, 1.82) is 0 Å². The Labute approximate surface area is 102 Å². The maximum Gasteiger partial charge on any atom is 0.233 e. The summed E-state index contributed by atoms with van der Waals surface area (Å²) in [4.78, 5) is 14.1. The zero-order chi connectivity index (χ0) is 12.9. The molecule has 1 rings (SSSR count). The molecular weight excluding hydrogens is 220 g/mol. The van der Waals surface area contributed by atoms with Gasteiger partial charge in [0.2, 0.25) is 5.91 Å². The van der Waals surface area contributed by atoms with Crippen LogP contribution in [0.1, 0.15) is 26.2 Å². The fourth-order valence-electron chi connectivity index (χ4n) is 1.91. The lowest BCUT2D eigenvalue weighted by atomic mass is 9.67. The van der Waals surface area contributed by atoms with E-state index in [0.29, 0.717) is 19.4 Å². The molecule has 0 aromatic heterocycles. The average Bonchev–Trinajstić information content (AvgIpc) is 2.26. The Kier molecular flexibility index (Phi) is 4.74. The van der Waals surface area contributed by atoms with Crippen molar-refractivity contribution >= 4 is 11.7 Å². The van der Waals surface area contributed by atoms with Crippen LogP contribution >= 0.6 is 0 Å². The third-order valence-corrected chi connectivity index (χ3v) is 3.56. The van der Waals surface area contributed by atoms with E-state index in [4.69, 9.17) is 10.9 Å². The quantitative estimate of drug-likeness (QED) is 0.264. The van der Waals surface area contributed by atoms with E-state index in [1.54, 1.807) is 0 Å². The number of nitrogens with one attached hydrogen (secondary N) is 1. The van der Waals surface area contributed by atoms with Gasteiger partial charge < -0.3 is 21.2 Å². The molecular formula is C11H22N4O2. The molecule has 0 heterocycles. The van der Waals surface area contributed by atoms with Crippen LogP contribution in [0.2, 0.25) is 0 Å². The molecule has 0 radical (unpaired) electrons. The van der Waals surface area contributed by atoms with Crippen molar-refractivity contribution in [3.8, 4) is 0 Å². The van der Waals surface area contributed by atoms with Gasteiger partial charge in [0.1, 0.15) is 5.41 Å². The predicted molar refractivity (Wildman–Crippen MR) is 65.9 cm³/mol. The van der Waals surface area contributed by atoms with Crippen molar-refractivity contribution in [2.75, 3.05) is 26.7 Å². The number of rotatable bonds is 6. The van der Waals surface area contributed by atoms with Crippen LogP contribution in [0.5, 0.6) is 0 Å². The normalized spacial score (nSPS) is 18.9. The highest BCUT2D eigenvalue weighted by atomic mass is 16.4. The summed E-state index contributed by atoms with van der Waals surface area (Å²) in [6.07, 6.45) is 2.27. The van der Waals surface area contributed by atoms with Gasteiger partial charge >= 0.3 is 0 Å². The second-order valence-electron chi connectivity index (χ2n) is 4.57. The minimum Gasteiger partial charge on any atom is -0.409 e. The largest absolute Gasteiger partial charge is 0.409 e. The SMILES string of the molecule is CCN(C)CCNC(=O)C1(C(N)=NO)CCC1. The standard InChI is InChI=1S/C11H22N4O2/c1-3-15(2)8-7-13-10(16)11(5-4-6-11)9(12)14-17/h17H,3-8H2,1-2H3,(H2,12,14)(H,13,16). The maximum atomic E-state index is 12.0. The number of carbonyl (C=O) groups excluding carboxylic acids is 1. The first-order valence-corrected chi connectivity index (χ1v) is 6.01. The van der Waals surface area contributed by atoms with Crippen molar-refractivity contribution in [2.24, 2.45) is 16.3 Å². The van der Waals surface area contributed by atoms with Gasteiger partial charge in [0.15, 0.2) is 5.84 Å². The third kappa shape index (κ3) is 2.88. The number of hydrogen-bond donors (Lipinski definition) is 3. The van der Waals surface area contributed by atoms with E-state index in [0.717, 1.165) is 19.5 Å². The van der Waals surface area contributed by atoms with Crippen LogP contribution in [0.25, 0.3) is 0 Å². The van der Waals surface area contributed by atoms with Crippen LogP contribution in [0.4, 0.5) is 0 Å². The van der Waals surface area contributed by atoms with E-state index >= 15 is 0 Å². The molecule has 0 aromatic carbocycles. The zero-order valence-electron chi connectivity index (χ0n) is 10.6. The summed E-state index contributed by atoms with van der Waals surface area (Å²) in [5.41, 5.74) is 4.84. The molecule has 0 unspecified atom stereocenters. The summed E-state index contributed by atoms with van der Waals surface area (Å²) >= 11 is 0. The minimum atomic E-state index is -0.764. The summed E-state index contributed by atoms with van der Waals surface area (Å²) in [7, 11) is 1.99. The van der Waals surface area contributed by atoms with Crippen LogP contribution in [-0.2, 0) is 4.79 Å². The molecule has 0 atom stereocenters. The van der Waals surface area contributed by atoms with Crippen LogP contribution < -0.4 is 11.1 Å². The third-order valence-electron chi connectivity index (χ3n) is 3.56. The first kappa shape index (κ1) is 13.8. The van der Waals surface area contributed by atoms with Crippen molar-refractivity contribution in [3.63, 3.8) is 0 Å². The molecule has 0 spiro atoms. The Morgan fingerprint density at radius 2 is 2.24 bits per heavy atom. The van der Waals surface area contributed by atoms with Gasteiger partial charge in [0, 0.05) is 13.1 Å². The van der Waals surface area contributed by atoms with E-state index in [2.05, 4.69) is 22.3 Å². The molecule has 6 heteroatoms. The number of amides is 1. The van der Waals surface area contributed by atoms with Crippen molar-refractivity contribution in [2.45, 2.75) is 26.2 Å². The zero-order valence-corrected chi connectivity index (χ0v) is 10.6. The molecule has 1 saturated carbocycles. The lowest BCUT2D eigenvalue weighted by Gasteiger charge is -2.38. The number of amidine groups is 1. The van der Waals surface area contributed by atoms with Gasteiger partial charge in [0.05, 0.1) is 0 Å². The van der Waals surface area contributed by atoms with Crippen LogP contribution in [0.15, 0.2) is 5.16 Å². The number of likely N-dealkylation sites (N-methyl/N-ethyl adjacent to an activating group) is 1. The highest BCUT2D eigenvalue weighted by Gasteiger charge is 2.48. The van der Waals surface area contributed by atoms with Gasteiger partial charge in [-0.05, 0) is 26.4 Å².